The molecule has 1 aromatic heterocycles. The number of aryl methyl sites for hydroxylation is 1. The summed E-state index contributed by atoms with van der Waals surface area (Å²) in [5, 5.41) is 7.18. The largest absolute Gasteiger partial charge is 0.489 e. The van der Waals surface area contributed by atoms with E-state index in [4.69, 9.17) is 9.26 Å². The number of benzene rings is 1. The Bertz CT molecular complexity index is 538. The molecule has 1 unspecified atom stereocenters. The molecule has 0 spiro atoms. The van der Waals surface area contributed by atoms with E-state index in [-0.39, 0.29) is 18.5 Å². The summed E-state index contributed by atoms with van der Waals surface area (Å²) < 4.78 is 10.9. The van der Waals surface area contributed by atoms with Gasteiger partial charge in [-0.3, -0.25) is 0 Å². The summed E-state index contributed by atoms with van der Waals surface area (Å²) >= 11 is 0. The highest BCUT2D eigenvalue weighted by Crippen LogP contribution is 2.23. The molecule has 2 heterocycles. The minimum atomic E-state index is 0. The van der Waals surface area contributed by atoms with Gasteiger partial charge in [0.25, 0.3) is 0 Å². The van der Waals surface area contributed by atoms with E-state index in [2.05, 4.69) is 15.5 Å². The van der Waals surface area contributed by atoms with Crippen molar-refractivity contribution in [3.8, 4) is 17.1 Å². The molecule has 6 heteroatoms. The highest BCUT2D eigenvalue weighted by atomic mass is 35.5. The van der Waals surface area contributed by atoms with Gasteiger partial charge >= 0.3 is 0 Å². The Labute approximate surface area is 117 Å². The lowest BCUT2D eigenvalue weighted by molar-refractivity contribution is 0.223. The van der Waals surface area contributed by atoms with Crippen LogP contribution in [0.3, 0.4) is 0 Å². The van der Waals surface area contributed by atoms with Gasteiger partial charge in [-0.2, -0.15) is 4.98 Å². The van der Waals surface area contributed by atoms with Gasteiger partial charge in [-0.05, 0) is 25.1 Å². The molecule has 3 rings (SSSR count). The average Bonchev–Trinajstić information content (AvgIpc) is 3.01. The Kier molecular flexibility index (Phi) is 4.39. The summed E-state index contributed by atoms with van der Waals surface area (Å²) in [7, 11) is 0. The number of ether oxygens (including phenoxy) is 1. The summed E-state index contributed by atoms with van der Waals surface area (Å²) in [6, 6.07) is 7.79. The van der Waals surface area contributed by atoms with Crippen molar-refractivity contribution < 1.29 is 9.26 Å². The van der Waals surface area contributed by atoms with Gasteiger partial charge in [0.2, 0.25) is 11.7 Å². The van der Waals surface area contributed by atoms with E-state index in [1.54, 1.807) is 6.92 Å². The lowest BCUT2D eigenvalue weighted by atomic mass is 10.2. The average molecular weight is 282 g/mol. The van der Waals surface area contributed by atoms with Crippen LogP contribution in [-0.2, 0) is 0 Å². The van der Waals surface area contributed by atoms with Crippen molar-refractivity contribution in [3.63, 3.8) is 0 Å². The first kappa shape index (κ1) is 13.8. The van der Waals surface area contributed by atoms with Crippen LogP contribution in [0.4, 0.5) is 0 Å². The van der Waals surface area contributed by atoms with Crippen LogP contribution in [0.15, 0.2) is 28.8 Å². The summed E-state index contributed by atoms with van der Waals surface area (Å²) in [5.74, 6) is 2.02. The fraction of sp³-hybridized carbons (Fsp3) is 0.385. The van der Waals surface area contributed by atoms with Crippen LogP contribution in [0.5, 0.6) is 5.75 Å². The smallest absolute Gasteiger partial charge is 0.223 e. The van der Waals surface area contributed by atoms with Crippen LogP contribution in [0.25, 0.3) is 11.4 Å². The zero-order valence-corrected chi connectivity index (χ0v) is 11.4. The zero-order chi connectivity index (χ0) is 12.4. The minimum Gasteiger partial charge on any atom is -0.489 e. The number of nitrogens with one attached hydrogen (secondary N) is 1. The molecule has 1 atom stereocenters. The van der Waals surface area contributed by atoms with E-state index >= 15 is 0 Å². The van der Waals surface area contributed by atoms with Crippen LogP contribution < -0.4 is 10.1 Å². The van der Waals surface area contributed by atoms with E-state index in [0.29, 0.717) is 11.7 Å². The molecular weight excluding hydrogens is 266 g/mol. The molecule has 0 aliphatic carbocycles. The van der Waals surface area contributed by atoms with E-state index in [9.17, 15) is 0 Å². The molecule has 1 aliphatic heterocycles. The molecule has 0 amide bonds. The van der Waals surface area contributed by atoms with Crippen molar-refractivity contribution in [1.29, 1.82) is 0 Å². The Hall–Kier alpha value is -1.59. The SMILES string of the molecule is Cc1nc(-c2cccc(OC3CCNC3)c2)no1.Cl. The highest BCUT2D eigenvalue weighted by Gasteiger charge is 2.16. The lowest BCUT2D eigenvalue weighted by Gasteiger charge is -2.12. The van der Waals surface area contributed by atoms with Gasteiger partial charge in [-0.1, -0.05) is 17.3 Å². The molecule has 5 nitrogen and oxygen atoms in total. The van der Waals surface area contributed by atoms with E-state index < -0.39 is 0 Å². The van der Waals surface area contributed by atoms with E-state index in [1.165, 1.54) is 0 Å². The summed E-state index contributed by atoms with van der Waals surface area (Å²) in [4.78, 5) is 4.21. The molecule has 1 fully saturated rings. The maximum Gasteiger partial charge on any atom is 0.223 e. The van der Waals surface area contributed by atoms with Gasteiger partial charge in [-0.15, -0.1) is 12.4 Å². The van der Waals surface area contributed by atoms with Gasteiger partial charge in [0, 0.05) is 19.0 Å². The third-order valence-corrected chi connectivity index (χ3v) is 2.94. The second kappa shape index (κ2) is 6.04. The number of nitrogens with zero attached hydrogens (tertiary/aromatic N) is 2. The number of hydrogen-bond donors (Lipinski definition) is 1. The topological polar surface area (TPSA) is 60.2 Å². The number of hydrogen-bond acceptors (Lipinski definition) is 5. The van der Waals surface area contributed by atoms with Gasteiger partial charge in [0.15, 0.2) is 0 Å². The molecule has 1 saturated heterocycles. The normalized spacial score (nSPS) is 18.1. The predicted octanol–water partition coefficient (Wildman–Crippen LogP) is 2.21. The zero-order valence-electron chi connectivity index (χ0n) is 10.6. The Morgan fingerprint density at radius 1 is 1.42 bits per heavy atom. The fourth-order valence-electron chi connectivity index (χ4n) is 2.05. The van der Waals surface area contributed by atoms with Crippen molar-refractivity contribution in [2.75, 3.05) is 13.1 Å². The Balaban J connectivity index is 0.00000133. The summed E-state index contributed by atoms with van der Waals surface area (Å²) in [6.07, 6.45) is 1.30. The highest BCUT2D eigenvalue weighted by molar-refractivity contribution is 5.85. The van der Waals surface area contributed by atoms with Crippen molar-refractivity contribution in [3.05, 3.63) is 30.2 Å². The predicted molar refractivity (Wildman–Crippen MR) is 73.6 cm³/mol. The number of aromatic nitrogens is 2. The maximum absolute atomic E-state index is 5.90. The third-order valence-electron chi connectivity index (χ3n) is 2.94. The van der Waals surface area contributed by atoms with Crippen molar-refractivity contribution in [2.45, 2.75) is 19.4 Å². The Morgan fingerprint density at radius 3 is 3.00 bits per heavy atom. The summed E-state index contributed by atoms with van der Waals surface area (Å²) in [5.41, 5.74) is 0.912. The van der Waals surface area contributed by atoms with Gasteiger partial charge in [0.05, 0.1) is 0 Å². The maximum atomic E-state index is 5.90. The fourth-order valence-corrected chi connectivity index (χ4v) is 2.05. The van der Waals surface area contributed by atoms with Crippen LogP contribution in [0, 0.1) is 6.92 Å². The van der Waals surface area contributed by atoms with E-state index in [1.807, 2.05) is 24.3 Å². The standard InChI is InChI=1S/C13H15N3O2.ClH/c1-9-15-13(16-18-9)10-3-2-4-11(7-10)17-12-5-6-14-8-12;/h2-4,7,12,14H,5-6,8H2,1H3;1H. The second-order valence-corrected chi connectivity index (χ2v) is 4.40. The minimum absolute atomic E-state index is 0. The van der Waals surface area contributed by atoms with Crippen LogP contribution in [0.2, 0.25) is 0 Å². The molecule has 0 saturated carbocycles. The van der Waals surface area contributed by atoms with Crippen LogP contribution >= 0.6 is 12.4 Å². The van der Waals surface area contributed by atoms with Crippen molar-refractivity contribution in [2.24, 2.45) is 0 Å². The van der Waals surface area contributed by atoms with E-state index in [0.717, 1.165) is 30.8 Å². The molecule has 1 aliphatic rings. The molecule has 102 valence electrons. The quantitative estimate of drug-likeness (QED) is 0.935. The molecule has 0 radical (unpaired) electrons. The Morgan fingerprint density at radius 2 is 2.32 bits per heavy atom. The number of rotatable bonds is 3. The van der Waals surface area contributed by atoms with Gasteiger partial charge < -0.3 is 14.6 Å². The number of halogens is 1. The molecule has 2 aromatic rings. The first-order valence-electron chi connectivity index (χ1n) is 6.09. The van der Waals surface area contributed by atoms with Crippen LogP contribution in [0.1, 0.15) is 12.3 Å². The van der Waals surface area contributed by atoms with Gasteiger partial charge in [-0.25, -0.2) is 0 Å². The van der Waals surface area contributed by atoms with Crippen molar-refractivity contribution >= 4 is 12.4 Å². The molecule has 1 N–H and O–H groups in total. The third kappa shape index (κ3) is 3.24. The lowest BCUT2D eigenvalue weighted by Crippen LogP contribution is -2.19. The molecular formula is C13H16ClN3O2. The first-order chi connectivity index (χ1) is 8.81. The van der Waals surface area contributed by atoms with Crippen molar-refractivity contribution in [1.82, 2.24) is 15.5 Å². The molecule has 1 aromatic carbocycles. The van der Waals surface area contributed by atoms with Crippen LogP contribution in [-0.4, -0.2) is 29.3 Å². The molecule has 0 bridgehead atoms. The second-order valence-electron chi connectivity index (χ2n) is 4.40. The van der Waals surface area contributed by atoms with Gasteiger partial charge in [0.1, 0.15) is 11.9 Å². The summed E-state index contributed by atoms with van der Waals surface area (Å²) in [6.45, 7) is 3.71. The first-order valence-corrected chi connectivity index (χ1v) is 6.09. The monoisotopic (exact) mass is 281 g/mol. The molecule has 19 heavy (non-hydrogen) atoms.